The first-order chi connectivity index (χ1) is 8.60. The molecule has 1 atom stereocenters. The number of alkyl halides is 1. The molecule has 0 fully saturated rings. The molecular formula is C12H12Br2ClN3. The lowest BCUT2D eigenvalue weighted by molar-refractivity contribution is 0.649. The zero-order valence-corrected chi connectivity index (χ0v) is 13.7. The van der Waals surface area contributed by atoms with Crippen molar-refractivity contribution in [1.82, 2.24) is 15.0 Å². The molecule has 0 radical (unpaired) electrons. The van der Waals surface area contributed by atoms with Crippen molar-refractivity contribution in [2.45, 2.75) is 24.7 Å². The summed E-state index contributed by atoms with van der Waals surface area (Å²) in [5.74, 6) is 0. The average molecular weight is 394 g/mol. The number of hydrogen-bond donors (Lipinski definition) is 0. The van der Waals surface area contributed by atoms with Gasteiger partial charge in [0.2, 0.25) is 0 Å². The lowest BCUT2D eigenvalue weighted by Crippen LogP contribution is -2.01. The number of hydrogen-bond acceptors (Lipinski definition) is 2. The van der Waals surface area contributed by atoms with E-state index in [1.54, 1.807) is 4.68 Å². The molecular weight excluding hydrogens is 381 g/mol. The predicted molar refractivity (Wildman–Crippen MR) is 80.2 cm³/mol. The third kappa shape index (κ3) is 3.33. The summed E-state index contributed by atoms with van der Waals surface area (Å²) in [5, 5.41) is 8.98. The van der Waals surface area contributed by atoms with Crippen LogP contribution in [0.4, 0.5) is 0 Å². The van der Waals surface area contributed by atoms with Gasteiger partial charge in [-0.25, -0.2) is 4.68 Å². The fourth-order valence-corrected chi connectivity index (χ4v) is 2.51. The minimum Gasteiger partial charge on any atom is -0.248 e. The molecule has 6 heteroatoms. The Kier molecular flexibility index (Phi) is 4.81. The summed E-state index contributed by atoms with van der Waals surface area (Å²) in [4.78, 5) is 0.256. The Hall–Kier alpha value is -0.390. The van der Waals surface area contributed by atoms with Crippen LogP contribution >= 0.6 is 43.5 Å². The number of aromatic nitrogens is 3. The van der Waals surface area contributed by atoms with Crippen molar-refractivity contribution >= 4 is 43.5 Å². The third-order valence-electron chi connectivity index (χ3n) is 2.58. The highest BCUT2D eigenvalue weighted by Gasteiger charge is 2.10. The molecule has 0 saturated heterocycles. The van der Waals surface area contributed by atoms with E-state index in [4.69, 9.17) is 11.6 Å². The van der Waals surface area contributed by atoms with Gasteiger partial charge in [0, 0.05) is 15.7 Å². The number of rotatable bonds is 4. The molecule has 2 aromatic rings. The molecule has 1 aromatic heterocycles. The molecule has 0 aliphatic heterocycles. The standard InChI is InChI=1S/C12H12Br2ClN3/c1-2-10(14)12-7-18(17-16-12)6-8-3-4-9(13)5-11(8)15/h3-5,7,10H,2,6H2,1H3. The van der Waals surface area contributed by atoms with Gasteiger partial charge in [-0.2, -0.15) is 0 Å². The van der Waals surface area contributed by atoms with Crippen molar-refractivity contribution in [2.75, 3.05) is 0 Å². The lowest BCUT2D eigenvalue weighted by atomic mass is 10.2. The van der Waals surface area contributed by atoms with Crippen LogP contribution in [-0.4, -0.2) is 15.0 Å². The summed E-state index contributed by atoms with van der Waals surface area (Å²) in [5.41, 5.74) is 1.98. The Bertz CT molecular complexity index is 542. The van der Waals surface area contributed by atoms with Crippen molar-refractivity contribution in [2.24, 2.45) is 0 Å². The van der Waals surface area contributed by atoms with Gasteiger partial charge >= 0.3 is 0 Å². The van der Waals surface area contributed by atoms with Crippen molar-refractivity contribution < 1.29 is 0 Å². The molecule has 0 aliphatic carbocycles. The maximum atomic E-state index is 6.18. The van der Waals surface area contributed by atoms with Crippen LogP contribution in [0.1, 0.15) is 29.4 Å². The van der Waals surface area contributed by atoms with Crippen molar-refractivity contribution in [3.63, 3.8) is 0 Å². The summed E-state index contributed by atoms with van der Waals surface area (Å²) >= 11 is 13.1. The van der Waals surface area contributed by atoms with E-state index in [9.17, 15) is 0 Å². The second kappa shape index (κ2) is 6.17. The average Bonchev–Trinajstić information content (AvgIpc) is 2.80. The lowest BCUT2D eigenvalue weighted by Gasteiger charge is -2.04. The van der Waals surface area contributed by atoms with Crippen LogP contribution in [0.3, 0.4) is 0 Å². The van der Waals surface area contributed by atoms with E-state index in [0.29, 0.717) is 6.54 Å². The molecule has 1 aromatic carbocycles. The molecule has 18 heavy (non-hydrogen) atoms. The summed E-state index contributed by atoms with van der Waals surface area (Å²) in [7, 11) is 0. The van der Waals surface area contributed by atoms with E-state index in [2.05, 4.69) is 49.1 Å². The van der Waals surface area contributed by atoms with Crippen LogP contribution < -0.4 is 0 Å². The molecule has 0 saturated carbocycles. The fourth-order valence-electron chi connectivity index (χ4n) is 1.57. The first kappa shape index (κ1) is 14.0. The van der Waals surface area contributed by atoms with Crippen LogP contribution in [0.2, 0.25) is 5.02 Å². The second-order valence-electron chi connectivity index (χ2n) is 3.95. The maximum Gasteiger partial charge on any atom is 0.0963 e. The van der Waals surface area contributed by atoms with Crippen LogP contribution in [0.15, 0.2) is 28.9 Å². The van der Waals surface area contributed by atoms with Crippen molar-refractivity contribution in [3.05, 3.63) is 45.1 Å². The van der Waals surface area contributed by atoms with E-state index in [0.717, 1.165) is 27.2 Å². The Balaban J connectivity index is 2.16. The van der Waals surface area contributed by atoms with Gasteiger partial charge in [-0.3, -0.25) is 0 Å². The zero-order chi connectivity index (χ0) is 13.1. The SMILES string of the molecule is CCC(Br)c1cn(Cc2ccc(Br)cc2Cl)nn1. The largest absolute Gasteiger partial charge is 0.248 e. The molecule has 2 rings (SSSR count). The Labute approximate surface area is 128 Å². The Morgan fingerprint density at radius 1 is 1.44 bits per heavy atom. The van der Waals surface area contributed by atoms with Gasteiger partial charge in [-0.15, -0.1) is 5.10 Å². The quantitative estimate of drug-likeness (QED) is 0.712. The molecule has 0 aliphatic rings. The zero-order valence-electron chi connectivity index (χ0n) is 9.78. The summed E-state index contributed by atoms with van der Waals surface area (Å²) < 4.78 is 2.77. The van der Waals surface area contributed by atoms with Crippen LogP contribution in [0, 0.1) is 0 Å². The van der Waals surface area contributed by atoms with Gasteiger partial charge < -0.3 is 0 Å². The highest BCUT2D eigenvalue weighted by molar-refractivity contribution is 9.10. The topological polar surface area (TPSA) is 30.7 Å². The minimum absolute atomic E-state index is 0.256. The minimum atomic E-state index is 0.256. The van der Waals surface area contributed by atoms with Crippen LogP contribution in [0.5, 0.6) is 0 Å². The molecule has 1 heterocycles. The number of nitrogens with zero attached hydrogens (tertiary/aromatic N) is 3. The normalized spacial score (nSPS) is 12.7. The number of halogens is 3. The first-order valence-electron chi connectivity index (χ1n) is 5.58. The van der Waals surface area contributed by atoms with Gasteiger partial charge in [-0.05, 0) is 24.1 Å². The van der Waals surface area contributed by atoms with Gasteiger partial charge in [0.1, 0.15) is 0 Å². The van der Waals surface area contributed by atoms with Gasteiger partial charge in [0.25, 0.3) is 0 Å². The van der Waals surface area contributed by atoms with E-state index in [1.165, 1.54) is 0 Å². The van der Waals surface area contributed by atoms with Gasteiger partial charge in [0.05, 0.1) is 17.1 Å². The molecule has 0 amide bonds. The van der Waals surface area contributed by atoms with Crippen molar-refractivity contribution in [1.29, 1.82) is 0 Å². The fraction of sp³-hybridized carbons (Fsp3) is 0.333. The van der Waals surface area contributed by atoms with E-state index in [-0.39, 0.29) is 4.83 Å². The molecule has 0 bridgehead atoms. The maximum absolute atomic E-state index is 6.18. The highest BCUT2D eigenvalue weighted by atomic mass is 79.9. The third-order valence-corrected chi connectivity index (χ3v) is 4.54. The summed E-state index contributed by atoms with van der Waals surface area (Å²) in [6.45, 7) is 2.73. The molecule has 0 N–H and O–H groups in total. The molecule has 96 valence electrons. The Morgan fingerprint density at radius 2 is 2.22 bits per heavy atom. The monoisotopic (exact) mass is 391 g/mol. The van der Waals surface area contributed by atoms with E-state index in [1.807, 2.05) is 24.4 Å². The molecule has 3 nitrogen and oxygen atoms in total. The molecule has 1 unspecified atom stereocenters. The van der Waals surface area contributed by atoms with Crippen molar-refractivity contribution in [3.8, 4) is 0 Å². The van der Waals surface area contributed by atoms with Crippen LogP contribution in [-0.2, 0) is 6.54 Å². The smallest absolute Gasteiger partial charge is 0.0963 e. The Morgan fingerprint density at radius 3 is 2.89 bits per heavy atom. The van der Waals surface area contributed by atoms with Gasteiger partial charge in [-0.1, -0.05) is 61.7 Å². The predicted octanol–water partition coefficient (Wildman–Crippen LogP) is 4.59. The number of benzene rings is 1. The summed E-state index contributed by atoms with van der Waals surface area (Å²) in [6, 6.07) is 5.84. The van der Waals surface area contributed by atoms with E-state index < -0.39 is 0 Å². The first-order valence-corrected chi connectivity index (χ1v) is 7.67. The van der Waals surface area contributed by atoms with E-state index >= 15 is 0 Å². The second-order valence-corrected chi connectivity index (χ2v) is 6.38. The summed E-state index contributed by atoms with van der Waals surface area (Å²) in [6.07, 6.45) is 2.93. The highest BCUT2D eigenvalue weighted by Crippen LogP contribution is 2.25. The van der Waals surface area contributed by atoms with Crippen LogP contribution in [0.25, 0.3) is 0 Å². The molecule has 0 spiro atoms. The van der Waals surface area contributed by atoms with Gasteiger partial charge in [0.15, 0.2) is 0 Å².